The van der Waals surface area contributed by atoms with Crippen molar-refractivity contribution in [3.8, 4) is 0 Å². The average Bonchev–Trinajstić information content (AvgIpc) is 2.91. The van der Waals surface area contributed by atoms with Crippen LogP contribution in [0.2, 0.25) is 0 Å². The lowest BCUT2D eigenvalue weighted by atomic mass is 9.94. The number of amides is 1. The minimum Gasteiger partial charge on any atom is -0.444 e. The van der Waals surface area contributed by atoms with Crippen LogP contribution in [0.25, 0.3) is 0 Å². The number of hydrogen-bond donors (Lipinski definition) is 2. The number of nitrogens with zero attached hydrogens (tertiary/aromatic N) is 2. The van der Waals surface area contributed by atoms with Crippen LogP contribution in [0, 0.1) is 5.92 Å². The molecule has 6 nitrogen and oxygen atoms in total. The Morgan fingerprint density at radius 2 is 2.14 bits per heavy atom. The third kappa shape index (κ3) is 5.44. The van der Waals surface area contributed by atoms with Gasteiger partial charge in [-0.05, 0) is 46.0 Å². The standard InChI is InChI=1S/C15H28N4O2/c1-15(2,3)21-14(20)18-7-4-12-5-10-19(11-6-12)13-16-8-9-17-13/h12H,4-11H2,1-3H3,(H,16,17)(H,18,20). The van der Waals surface area contributed by atoms with Gasteiger partial charge < -0.3 is 20.3 Å². The molecule has 2 aliphatic heterocycles. The number of nitrogens with one attached hydrogen (secondary N) is 2. The van der Waals surface area contributed by atoms with Gasteiger partial charge in [-0.2, -0.15) is 0 Å². The molecule has 0 aromatic rings. The summed E-state index contributed by atoms with van der Waals surface area (Å²) in [4.78, 5) is 18.4. The van der Waals surface area contributed by atoms with Gasteiger partial charge in [-0.15, -0.1) is 0 Å². The Balaban J connectivity index is 1.60. The zero-order chi connectivity index (χ0) is 15.3. The average molecular weight is 296 g/mol. The number of aliphatic imine (C=N–C) groups is 1. The van der Waals surface area contributed by atoms with E-state index in [9.17, 15) is 4.79 Å². The van der Waals surface area contributed by atoms with E-state index in [2.05, 4.69) is 20.5 Å². The second-order valence-corrected chi connectivity index (χ2v) is 6.78. The van der Waals surface area contributed by atoms with E-state index in [0.29, 0.717) is 12.5 Å². The largest absolute Gasteiger partial charge is 0.444 e. The lowest BCUT2D eigenvalue weighted by Crippen LogP contribution is -2.44. The molecule has 0 aliphatic carbocycles. The van der Waals surface area contributed by atoms with Gasteiger partial charge in [0.1, 0.15) is 5.60 Å². The fourth-order valence-electron chi connectivity index (χ4n) is 2.72. The van der Waals surface area contributed by atoms with E-state index in [0.717, 1.165) is 51.4 Å². The molecule has 2 rings (SSSR count). The molecule has 2 heterocycles. The smallest absolute Gasteiger partial charge is 0.407 e. The molecule has 2 aliphatic rings. The van der Waals surface area contributed by atoms with Crippen LogP contribution in [-0.2, 0) is 4.74 Å². The summed E-state index contributed by atoms with van der Waals surface area (Å²) in [5.41, 5.74) is -0.426. The molecule has 1 amide bonds. The Hall–Kier alpha value is -1.46. The minimum absolute atomic E-state index is 0.315. The number of carbonyl (C=O) groups is 1. The maximum Gasteiger partial charge on any atom is 0.407 e. The van der Waals surface area contributed by atoms with Gasteiger partial charge in [0.15, 0.2) is 5.96 Å². The number of carbonyl (C=O) groups excluding carboxylic acids is 1. The van der Waals surface area contributed by atoms with Crippen molar-refractivity contribution in [1.82, 2.24) is 15.5 Å². The lowest BCUT2D eigenvalue weighted by Gasteiger charge is -2.33. The molecule has 1 saturated heterocycles. The first-order valence-corrected chi connectivity index (χ1v) is 7.94. The summed E-state index contributed by atoms with van der Waals surface area (Å²) < 4.78 is 5.23. The number of hydrogen-bond acceptors (Lipinski definition) is 5. The Morgan fingerprint density at radius 1 is 1.43 bits per heavy atom. The van der Waals surface area contributed by atoms with E-state index in [1.807, 2.05) is 20.8 Å². The van der Waals surface area contributed by atoms with Gasteiger partial charge in [0.05, 0.1) is 6.54 Å². The zero-order valence-electron chi connectivity index (χ0n) is 13.4. The van der Waals surface area contributed by atoms with Crippen LogP contribution >= 0.6 is 0 Å². The first-order chi connectivity index (χ1) is 9.94. The Morgan fingerprint density at radius 3 is 2.71 bits per heavy atom. The SMILES string of the molecule is CC(C)(C)OC(=O)NCCC1CCN(C2=NCCN2)CC1. The summed E-state index contributed by atoms with van der Waals surface area (Å²) in [6.45, 7) is 10.3. The van der Waals surface area contributed by atoms with Gasteiger partial charge in [-0.25, -0.2) is 4.79 Å². The Kier molecular flexibility index (Phi) is 5.31. The van der Waals surface area contributed by atoms with Crippen LogP contribution < -0.4 is 10.6 Å². The predicted molar refractivity (Wildman–Crippen MR) is 83.5 cm³/mol. The summed E-state index contributed by atoms with van der Waals surface area (Å²) in [7, 11) is 0. The van der Waals surface area contributed by atoms with Crippen LogP contribution in [0.15, 0.2) is 4.99 Å². The van der Waals surface area contributed by atoms with Crippen molar-refractivity contribution in [3.05, 3.63) is 0 Å². The van der Waals surface area contributed by atoms with Gasteiger partial charge in [0.2, 0.25) is 0 Å². The first-order valence-electron chi connectivity index (χ1n) is 7.94. The fraction of sp³-hybridized carbons (Fsp3) is 0.867. The molecular formula is C15H28N4O2. The van der Waals surface area contributed by atoms with E-state index in [4.69, 9.17) is 4.74 Å². The van der Waals surface area contributed by atoms with Gasteiger partial charge >= 0.3 is 6.09 Å². The fourth-order valence-corrected chi connectivity index (χ4v) is 2.72. The van der Waals surface area contributed by atoms with Crippen molar-refractivity contribution in [2.45, 2.75) is 45.6 Å². The normalized spacial score (nSPS) is 20.0. The third-order valence-electron chi connectivity index (χ3n) is 3.79. The highest BCUT2D eigenvalue weighted by Gasteiger charge is 2.23. The van der Waals surface area contributed by atoms with Crippen molar-refractivity contribution in [2.75, 3.05) is 32.7 Å². The molecule has 0 aromatic carbocycles. The van der Waals surface area contributed by atoms with Gasteiger partial charge in [0.25, 0.3) is 0 Å². The Bertz CT molecular complexity index is 382. The summed E-state index contributed by atoms with van der Waals surface area (Å²) in [5.74, 6) is 1.75. The third-order valence-corrected chi connectivity index (χ3v) is 3.79. The molecule has 1 fully saturated rings. The van der Waals surface area contributed by atoms with Gasteiger partial charge in [-0.1, -0.05) is 0 Å². The number of likely N-dealkylation sites (tertiary alicyclic amines) is 1. The summed E-state index contributed by atoms with van der Waals surface area (Å²) in [6.07, 6.45) is 3.03. The predicted octanol–water partition coefficient (Wildman–Crippen LogP) is 1.57. The highest BCUT2D eigenvalue weighted by molar-refractivity contribution is 5.81. The van der Waals surface area contributed by atoms with Gasteiger partial charge in [0, 0.05) is 26.2 Å². The van der Waals surface area contributed by atoms with E-state index >= 15 is 0 Å². The topological polar surface area (TPSA) is 66.0 Å². The molecule has 0 atom stereocenters. The van der Waals surface area contributed by atoms with Crippen molar-refractivity contribution >= 4 is 12.1 Å². The Labute approximate surface area is 127 Å². The van der Waals surface area contributed by atoms with Crippen molar-refractivity contribution in [2.24, 2.45) is 10.9 Å². The van der Waals surface area contributed by atoms with Gasteiger partial charge in [-0.3, -0.25) is 4.99 Å². The second-order valence-electron chi connectivity index (χ2n) is 6.78. The molecule has 6 heteroatoms. The second kappa shape index (κ2) is 7.00. The summed E-state index contributed by atoms with van der Waals surface area (Å²) in [6, 6.07) is 0. The number of alkyl carbamates (subject to hydrolysis) is 1. The maximum absolute atomic E-state index is 11.6. The van der Waals surface area contributed by atoms with Crippen LogP contribution in [0.4, 0.5) is 4.79 Å². The van der Waals surface area contributed by atoms with Crippen LogP contribution in [0.1, 0.15) is 40.0 Å². The summed E-state index contributed by atoms with van der Waals surface area (Å²) >= 11 is 0. The van der Waals surface area contributed by atoms with Crippen LogP contribution in [0.3, 0.4) is 0 Å². The molecule has 2 N–H and O–H groups in total. The molecule has 120 valence electrons. The number of ether oxygens (including phenoxy) is 1. The monoisotopic (exact) mass is 296 g/mol. The summed E-state index contributed by atoms with van der Waals surface area (Å²) in [5, 5.41) is 6.17. The minimum atomic E-state index is -0.426. The highest BCUT2D eigenvalue weighted by Crippen LogP contribution is 2.20. The number of rotatable bonds is 3. The zero-order valence-corrected chi connectivity index (χ0v) is 13.4. The van der Waals surface area contributed by atoms with Crippen molar-refractivity contribution in [3.63, 3.8) is 0 Å². The molecule has 0 unspecified atom stereocenters. The van der Waals surface area contributed by atoms with Crippen molar-refractivity contribution < 1.29 is 9.53 Å². The molecule has 21 heavy (non-hydrogen) atoms. The highest BCUT2D eigenvalue weighted by atomic mass is 16.6. The van der Waals surface area contributed by atoms with E-state index in [-0.39, 0.29) is 6.09 Å². The van der Waals surface area contributed by atoms with Crippen LogP contribution in [0.5, 0.6) is 0 Å². The van der Waals surface area contributed by atoms with Crippen molar-refractivity contribution in [1.29, 1.82) is 0 Å². The van der Waals surface area contributed by atoms with E-state index in [1.165, 1.54) is 0 Å². The molecule has 0 aromatic heterocycles. The first kappa shape index (κ1) is 15.9. The molecule has 0 spiro atoms. The lowest BCUT2D eigenvalue weighted by molar-refractivity contribution is 0.0523. The van der Waals surface area contributed by atoms with E-state index < -0.39 is 5.60 Å². The number of piperidine rings is 1. The van der Waals surface area contributed by atoms with E-state index in [1.54, 1.807) is 0 Å². The molecular weight excluding hydrogens is 268 g/mol. The van der Waals surface area contributed by atoms with Crippen LogP contribution in [-0.4, -0.2) is 55.3 Å². The molecule has 0 radical (unpaired) electrons. The quantitative estimate of drug-likeness (QED) is 0.830. The molecule has 0 bridgehead atoms. The maximum atomic E-state index is 11.6. The molecule has 0 saturated carbocycles. The number of guanidine groups is 1.